The second kappa shape index (κ2) is 10.8. The Bertz CT molecular complexity index is 1450. The molecule has 2 aromatic carbocycles. The molecule has 3 aromatic rings. The molecule has 7 bridgehead atoms. The molecule has 0 saturated carbocycles. The summed E-state index contributed by atoms with van der Waals surface area (Å²) in [5.74, 6) is -9.56. The lowest BCUT2D eigenvalue weighted by molar-refractivity contribution is -0.137. The largest absolute Gasteiger partial charge is 0.481 e. The van der Waals surface area contributed by atoms with Crippen LogP contribution in [0.5, 0.6) is 6.01 Å². The lowest BCUT2D eigenvalue weighted by Crippen LogP contribution is -2.37. The van der Waals surface area contributed by atoms with E-state index in [2.05, 4.69) is 9.97 Å². The van der Waals surface area contributed by atoms with Gasteiger partial charge in [-0.3, -0.25) is 9.59 Å². The summed E-state index contributed by atoms with van der Waals surface area (Å²) in [6, 6.07) is 5.36. The van der Waals surface area contributed by atoms with Crippen molar-refractivity contribution in [1.82, 2.24) is 14.9 Å². The average Bonchev–Trinajstić information content (AvgIpc) is 2.93. The van der Waals surface area contributed by atoms with E-state index in [1.165, 1.54) is 24.5 Å². The minimum absolute atomic E-state index is 0.0588. The molecule has 6 heterocycles. The van der Waals surface area contributed by atoms with Crippen LogP contribution < -0.4 is 4.74 Å². The van der Waals surface area contributed by atoms with Gasteiger partial charge in [0.05, 0.1) is 13.0 Å². The summed E-state index contributed by atoms with van der Waals surface area (Å²) in [5.41, 5.74) is 0.527. The van der Waals surface area contributed by atoms with Crippen molar-refractivity contribution in [2.45, 2.75) is 38.1 Å². The molecule has 1 N–H and O–H groups in total. The van der Waals surface area contributed by atoms with Crippen LogP contribution in [0.3, 0.4) is 0 Å². The summed E-state index contributed by atoms with van der Waals surface area (Å²) in [4.78, 5) is 34.3. The van der Waals surface area contributed by atoms with Crippen molar-refractivity contribution in [2.75, 3.05) is 13.2 Å². The maximum Gasteiger partial charge on any atom is 0.316 e. The van der Waals surface area contributed by atoms with Gasteiger partial charge in [-0.1, -0.05) is 30.4 Å². The van der Waals surface area contributed by atoms with Gasteiger partial charge in [0.2, 0.25) is 0 Å². The van der Waals surface area contributed by atoms with Gasteiger partial charge >= 0.3 is 12.0 Å². The van der Waals surface area contributed by atoms with Crippen LogP contribution in [-0.2, 0) is 24.2 Å². The van der Waals surface area contributed by atoms with Gasteiger partial charge in [0.25, 0.3) is 5.91 Å². The van der Waals surface area contributed by atoms with Gasteiger partial charge in [0.15, 0.2) is 23.3 Å². The van der Waals surface area contributed by atoms with Crippen LogP contribution in [-0.4, -0.2) is 45.0 Å². The van der Waals surface area contributed by atoms with E-state index in [1.54, 1.807) is 18.2 Å². The number of aliphatic carboxylic acids is 1. The number of carboxylic acids is 1. The normalized spacial score (nSPS) is 18.1. The molecule has 8 rings (SSSR count). The predicted octanol–water partition coefficient (Wildman–Crippen LogP) is 4.72. The van der Waals surface area contributed by atoms with Crippen LogP contribution in [0.1, 0.15) is 56.9 Å². The lowest BCUT2D eigenvalue weighted by atomic mass is 9.87. The highest BCUT2D eigenvalue weighted by Gasteiger charge is 2.33. The van der Waals surface area contributed by atoms with Crippen LogP contribution in [0.2, 0.25) is 0 Å². The first kappa shape index (κ1) is 26.3. The van der Waals surface area contributed by atoms with Crippen molar-refractivity contribution < 1.29 is 37.0 Å². The molecule has 5 aliphatic heterocycles. The molecule has 1 aromatic heterocycles. The Labute approximate surface area is 220 Å². The van der Waals surface area contributed by atoms with Crippen molar-refractivity contribution in [3.8, 4) is 6.01 Å². The van der Waals surface area contributed by atoms with Gasteiger partial charge in [0, 0.05) is 37.0 Å². The Morgan fingerprint density at radius 1 is 1.00 bits per heavy atom. The second-order valence-electron chi connectivity index (χ2n) is 9.38. The van der Waals surface area contributed by atoms with Gasteiger partial charge in [-0.15, -0.1) is 0 Å². The molecule has 0 fully saturated rings. The van der Waals surface area contributed by atoms with E-state index in [1.807, 2.05) is 0 Å². The van der Waals surface area contributed by atoms with Gasteiger partial charge in [-0.05, 0) is 41.5 Å². The molecule has 39 heavy (non-hydrogen) atoms. The number of carbonyl (C=O) groups is 2. The number of nitrogens with zero attached hydrogens (tertiary/aromatic N) is 3. The number of carboxylic acid groups (broad SMARTS) is 1. The highest BCUT2D eigenvalue weighted by Crippen LogP contribution is 2.32. The first-order valence-electron chi connectivity index (χ1n) is 12.3. The highest BCUT2D eigenvalue weighted by molar-refractivity contribution is 5.95. The van der Waals surface area contributed by atoms with Gasteiger partial charge in [0.1, 0.15) is 5.56 Å². The summed E-state index contributed by atoms with van der Waals surface area (Å²) in [6.45, 7) is 0.0967. The summed E-state index contributed by atoms with van der Waals surface area (Å²) < 4.78 is 65.0. The molecule has 5 aliphatic rings. The fourth-order valence-corrected chi connectivity index (χ4v) is 4.89. The number of amides is 1. The molecule has 11 heteroatoms. The minimum Gasteiger partial charge on any atom is -0.481 e. The monoisotopic (exact) mass is 541 g/mol. The maximum atomic E-state index is 15.0. The van der Waals surface area contributed by atoms with Crippen molar-refractivity contribution in [3.05, 3.63) is 99.4 Å². The fraction of sp³-hybridized carbons (Fsp3) is 0.286. The number of ether oxygens (including phenoxy) is 1. The zero-order chi connectivity index (χ0) is 27.7. The molecule has 0 aliphatic carbocycles. The fourth-order valence-electron chi connectivity index (χ4n) is 4.89. The zero-order valence-corrected chi connectivity index (χ0v) is 20.6. The van der Waals surface area contributed by atoms with Crippen LogP contribution in [0.4, 0.5) is 17.6 Å². The number of allylic oxidation sites excluding steroid dienone is 1. The number of benzene rings is 2. The van der Waals surface area contributed by atoms with Crippen molar-refractivity contribution in [1.29, 1.82) is 0 Å². The smallest absolute Gasteiger partial charge is 0.316 e. The summed E-state index contributed by atoms with van der Waals surface area (Å²) >= 11 is 0. The third kappa shape index (κ3) is 5.21. The van der Waals surface area contributed by atoms with Crippen LogP contribution in [0, 0.1) is 23.3 Å². The van der Waals surface area contributed by atoms with Crippen LogP contribution >= 0.6 is 0 Å². The summed E-state index contributed by atoms with van der Waals surface area (Å²) in [6.07, 6.45) is 5.75. The maximum absolute atomic E-state index is 15.0. The van der Waals surface area contributed by atoms with E-state index < -0.39 is 58.6 Å². The number of rotatable bonds is 2. The number of hydrogen-bond acceptors (Lipinski definition) is 5. The summed E-state index contributed by atoms with van der Waals surface area (Å²) in [5, 5.41) is 9.55. The predicted molar refractivity (Wildman–Crippen MR) is 130 cm³/mol. The standard InChI is InChI=1S/C28H23F4N3O4/c29-23-19-4-2-1-3-9-39-28-33-12-18(13-34-28)20(11-21(36)37)16-6-5-15-7-8-35(14-17(15)10-16)27(38)22(25(23)31)26(32)24(19)30/h1-2,5-6,10,12-13,20H,3-4,7-9,11,14H2,(H,36,37)/b2-1+/t20-/m1/s1. The number of halogens is 4. The SMILES string of the molecule is O=C(O)C[C@H]1c2cnc(nc2)OCC/C=C/Cc2c(F)c(F)c(c(F)c2F)C(=O)N2CCc3ccc1cc3C2. The van der Waals surface area contributed by atoms with Gasteiger partial charge in [-0.25, -0.2) is 27.5 Å². The molecule has 1 atom stereocenters. The topological polar surface area (TPSA) is 92.6 Å². The zero-order valence-electron chi connectivity index (χ0n) is 20.6. The van der Waals surface area contributed by atoms with E-state index in [-0.39, 0.29) is 38.5 Å². The Morgan fingerprint density at radius 3 is 2.41 bits per heavy atom. The molecular formula is C28H23F4N3O4. The Morgan fingerprint density at radius 2 is 1.72 bits per heavy atom. The molecular weight excluding hydrogens is 518 g/mol. The number of hydrogen-bond donors (Lipinski definition) is 1. The third-order valence-electron chi connectivity index (χ3n) is 6.93. The quantitative estimate of drug-likeness (QED) is 0.287. The molecule has 202 valence electrons. The van der Waals surface area contributed by atoms with Crippen molar-refractivity contribution >= 4 is 11.9 Å². The molecule has 0 spiro atoms. The molecule has 0 unspecified atom stereocenters. The first-order chi connectivity index (χ1) is 18.7. The van der Waals surface area contributed by atoms with Gasteiger partial charge < -0.3 is 14.7 Å². The van der Waals surface area contributed by atoms with E-state index in [4.69, 9.17) is 4.74 Å². The first-order valence-corrected chi connectivity index (χ1v) is 12.3. The Kier molecular flexibility index (Phi) is 7.32. The highest BCUT2D eigenvalue weighted by atomic mass is 19.2. The molecule has 0 saturated heterocycles. The van der Waals surface area contributed by atoms with E-state index in [9.17, 15) is 32.3 Å². The van der Waals surface area contributed by atoms with E-state index in [0.717, 1.165) is 10.5 Å². The number of carbonyl (C=O) groups excluding carboxylic acids is 1. The third-order valence-corrected chi connectivity index (χ3v) is 6.93. The second-order valence-corrected chi connectivity index (χ2v) is 9.38. The van der Waals surface area contributed by atoms with E-state index in [0.29, 0.717) is 23.1 Å². The van der Waals surface area contributed by atoms with Crippen molar-refractivity contribution in [3.63, 3.8) is 0 Å². The van der Waals surface area contributed by atoms with E-state index >= 15 is 0 Å². The molecule has 0 radical (unpaired) electrons. The Hall–Kier alpha value is -4.28. The molecule has 1 amide bonds. The van der Waals surface area contributed by atoms with Crippen LogP contribution in [0.25, 0.3) is 0 Å². The minimum atomic E-state index is -1.74. The number of aromatic nitrogens is 2. The Balaban J connectivity index is 1.59. The van der Waals surface area contributed by atoms with Crippen LogP contribution in [0.15, 0.2) is 42.7 Å². The lowest BCUT2D eigenvalue weighted by Gasteiger charge is -2.30. The molecule has 7 nitrogen and oxygen atoms in total. The average molecular weight is 542 g/mol. The van der Waals surface area contributed by atoms with Crippen molar-refractivity contribution in [2.24, 2.45) is 0 Å². The van der Waals surface area contributed by atoms with Gasteiger partial charge in [-0.2, -0.15) is 0 Å². The summed E-state index contributed by atoms with van der Waals surface area (Å²) in [7, 11) is 0.